The van der Waals surface area contributed by atoms with Gasteiger partial charge < -0.3 is 15.5 Å². The van der Waals surface area contributed by atoms with Crippen LogP contribution in [0, 0.1) is 5.41 Å². The summed E-state index contributed by atoms with van der Waals surface area (Å²) in [6.45, 7) is 6.94. The molecule has 1 atom stereocenters. The first-order valence-electron chi connectivity index (χ1n) is 8.81. The Morgan fingerprint density at radius 1 is 1.32 bits per heavy atom. The van der Waals surface area contributed by atoms with Crippen molar-refractivity contribution in [2.45, 2.75) is 64.8 Å². The first-order valence-corrected chi connectivity index (χ1v) is 8.81. The number of likely N-dealkylation sites (tertiary alicyclic amines) is 1. The Morgan fingerprint density at radius 2 is 2.05 bits per heavy atom. The molecule has 2 N–H and O–H groups in total. The number of nitrogens with one attached hydrogen (secondary N) is 2. The first-order chi connectivity index (χ1) is 10.6. The molecular formula is C17H32N4O. The molecule has 2 aliphatic rings. The third kappa shape index (κ3) is 4.62. The highest BCUT2D eigenvalue weighted by atomic mass is 16.2. The van der Waals surface area contributed by atoms with Crippen molar-refractivity contribution in [3.8, 4) is 0 Å². The maximum atomic E-state index is 12.1. The highest BCUT2D eigenvalue weighted by Crippen LogP contribution is 2.32. The normalized spacial score (nSPS) is 27.0. The van der Waals surface area contributed by atoms with E-state index in [0.717, 1.165) is 31.9 Å². The van der Waals surface area contributed by atoms with Gasteiger partial charge in [0.1, 0.15) is 0 Å². The highest BCUT2D eigenvalue weighted by molar-refractivity contribution is 5.86. The Bertz CT molecular complexity index is 403. The van der Waals surface area contributed by atoms with Gasteiger partial charge in [0, 0.05) is 26.2 Å². The Hall–Kier alpha value is -1.26. The average Bonchev–Trinajstić information content (AvgIpc) is 2.92. The van der Waals surface area contributed by atoms with Crippen molar-refractivity contribution in [1.29, 1.82) is 0 Å². The van der Waals surface area contributed by atoms with Gasteiger partial charge in [0.05, 0.1) is 6.54 Å². The molecule has 0 aromatic heterocycles. The number of hydrogen-bond acceptors (Lipinski definition) is 2. The van der Waals surface area contributed by atoms with Crippen LogP contribution in [0.2, 0.25) is 0 Å². The van der Waals surface area contributed by atoms with E-state index < -0.39 is 0 Å². The van der Waals surface area contributed by atoms with Crippen molar-refractivity contribution >= 4 is 11.9 Å². The van der Waals surface area contributed by atoms with Crippen LogP contribution in [0.25, 0.3) is 0 Å². The van der Waals surface area contributed by atoms with E-state index in [1.807, 2.05) is 0 Å². The zero-order chi connectivity index (χ0) is 16.0. The second-order valence-electron chi connectivity index (χ2n) is 7.14. The fourth-order valence-electron chi connectivity index (χ4n) is 3.51. The van der Waals surface area contributed by atoms with Crippen LogP contribution in [0.4, 0.5) is 0 Å². The van der Waals surface area contributed by atoms with E-state index in [9.17, 15) is 4.79 Å². The third-order valence-corrected chi connectivity index (χ3v) is 5.30. The van der Waals surface area contributed by atoms with Crippen LogP contribution in [0.15, 0.2) is 4.99 Å². The second-order valence-corrected chi connectivity index (χ2v) is 7.14. The molecule has 1 amide bonds. The molecule has 0 spiro atoms. The van der Waals surface area contributed by atoms with Gasteiger partial charge >= 0.3 is 0 Å². The maximum Gasteiger partial charge on any atom is 0.239 e. The molecule has 5 heteroatoms. The molecule has 0 radical (unpaired) electrons. The quantitative estimate of drug-likeness (QED) is 0.618. The van der Waals surface area contributed by atoms with Crippen molar-refractivity contribution in [2.24, 2.45) is 10.4 Å². The number of rotatable bonds is 4. The number of carbonyl (C=O) groups is 1. The van der Waals surface area contributed by atoms with Crippen LogP contribution in [0.1, 0.15) is 58.8 Å². The SMILES string of the molecule is CCC1(C)CCN(C(=NC)NCC(=O)NC2CCCCC2)C1. The van der Waals surface area contributed by atoms with Crippen LogP contribution < -0.4 is 10.6 Å². The van der Waals surface area contributed by atoms with E-state index in [1.54, 1.807) is 7.05 Å². The molecule has 1 unspecified atom stereocenters. The molecule has 0 bridgehead atoms. The van der Waals surface area contributed by atoms with Gasteiger partial charge in [0.15, 0.2) is 5.96 Å². The first kappa shape index (κ1) is 17.1. The fourth-order valence-corrected chi connectivity index (χ4v) is 3.51. The van der Waals surface area contributed by atoms with Gasteiger partial charge in [0.25, 0.3) is 0 Å². The molecule has 1 heterocycles. The van der Waals surface area contributed by atoms with Gasteiger partial charge in [-0.3, -0.25) is 9.79 Å². The van der Waals surface area contributed by atoms with Crippen molar-refractivity contribution < 1.29 is 4.79 Å². The summed E-state index contributed by atoms with van der Waals surface area (Å²) in [5.41, 5.74) is 0.377. The summed E-state index contributed by atoms with van der Waals surface area (Å²) in [6, 6.07) is 0.375. The van der Waals surface area contributed by atoms with Gasteiger partial charge in [-0.1, -0.05) is 33.1 Å². The Balaban J connectivity index is 1.75. The van der Waals surface area contributed by atoms with E-state index in [4.69, 9.17) is 0 Å². The Labute approximate surface area is 134 Å². The third-order valence-electron chi connectivity index (χ3n) is 5.30. The van der Waals surface area contributed by atoms with E-state index >= 15 is 0 Å². The van der Waals surface area contributed by atoms with Crippen LogP contribution in [-0.2, 0) is 4.79 Å². The summed E-state index contributed by atoms with van der Waals surface area (Å²) in [5.74, 6) is 0.946. The van der Waals surface area contributed by atoms with Gasteiger partial charge in [-0.05, 0) is 31.1 Å². The molecular weight excluding hydrogens is 276 g/mol. The van der Waals surface area contributed by atoms with Crippen molar-refractivity contribution in [1.82, 2.24) is 15.5 Å². The number of hydrogen-bond donors (Lipinski definition) is 2. The van der Waals surface area contributed by atoms with E-state index in [-0.39, 0.29) is 5.91 Å². The molecule has 22 heavy (non-hydrogen) atoms. The van der Waals surface area contributed by atoms with Crippen molar-refractivity contribution in [3.05, 3.63) is 0 Å². The molecule has 0 aromatic carbocycles. The molecule has 1 aliphatic carbocycles. The monoisotopic (exact) mass is 308 g/mol. The van der Waals surface area contributed by atoms with Crippen LogP contribution in [0.3, 0.4) is 0 Å². The Morgan fingerprint density at radius 3 is 2.64 bits per heavy atom. The van der Waals surface area contributed by atoms with E-state index in [1.165, 1.54) is 32.1 Å². The Kier molecular flexibility index (Phi) is 6.09. The minimum atomic E-state index is 0.0884. The summed E-state index contributed by atoms with van der Waals surface area (Å²) >= 11 is 0. The standard InChI is InChI=1S/C17H32N4O/c1-4-17(2)10-11-21(13-17)16(18-3)19-12-15(22)20-14-8-6-5-7-9-14/h14H,4-13H2,1-3H3,(H,18,19)(H,20,22). The minimum Gasteiger partial charge on any atom is -0.352 e. The predicted octanol–water partition coefficient (Wildman–Crippen LogP) is 2.13. The number of guanidine groups is 1. The minimum absolute atomic E-state index is 0.0884. The van der Waals surface area contributed by atoms with E-state index in [2.05, 4.69) is 34.4 Å². The summed E-state index contributed by atoms with van der Waals surface area (Å²) in [7, 11) is 1.79. The summed E-state index contributed by atoms with van der Waals surface area (Å²) in [6.07, 6.45) is 8.42. The number of nitrogens with zero attached hydrogens (tertiary/aromatic N) is 2. The lowest BCUT2D eigenvalue weighted by Crippen LogP contribution is -2.47. The lowest BCUT2D eigenvalue weighted by atomic mass is 9.87. The van der Waals surface area contributed by atoms with Crippen LogP contribution in [0.5, 0.6) is 0 Å². The number of amides is 1. The van der Waals surface area contributed by atoms with Crippen LogP contribution >= 0.6 is 0 Å². The van der Waals surface area contributed by atoms with Crippen molar-refractivity contribution in [2.75, 3.05) is 26.7 Å². The number of carbonyl (C=O) groups excluding carboxylic acids is 1. The van der Waals surface area contributed by atoms with Gasteiger partial charge in [-0.25, -0.2) is 0 Å². The predicted molar refractivity (Wildman–Crippen MR) is 91.0 cm³/mol. The molecule has 1 saturated carbocycles. The highest BCUT2D eigenvalue weighted by Gasteiger charge is 2.33. The zero-order valence-corrected chi connectivity index (χ0v) is 14.5. The van der Waals surface area contributed by atoms with Gasteiger partial charge in [-0.2, -0.15) is 0 Å². The fraction of sp³-hybridized carbons (Fsp3) is 0.882. The lowest BCUT2D eigenvalue weighted by molar-refractivity contribution is -0.120. The summed E-state index contributed by atoms with van der Waals surface area (Å²) in [4.78, 5) is 18.7. The molecule has 1 saturated heterocycles. The van der Waals surface area contributed by atoms with Crippen LogP contribution in [-0.4, -0.2) is 49.5 Å². The second kappa shape index (κ2) is 7.84. The smallest absolute Gasteiger partial charge is 0.239 e. The van der Waals surface area contributed by atoms with Crippen molar-refractivity contribution in [3.63, 3.8) is 0 Å². The maximum absolute atomic E-state index is 12.1. The lowest BCUT2D eigenvalue weighted by Gasteiger charge is -2.26. The molecule has 2 rings (SSSR count). The van der Waals surface area contributed by atoms with E-state index in [0.29, 0.717) is 18.0 Å². The molecule has 2 fully saturated rings. The average molecular weight is 308 g/mol. The molecule has 5 nitrogen and oxygen atoms in total. The number of aliphatic imine (C=N–C) groups is 1. The topological polar surface area (TPSA) is 56.7 Å². The molecule has 0 aromatic rings. The molecule has 126 valence electrons. The van der Waals surface area contributed by atoms with Gasteiger partial charge in [0.2, 0.25) is 5.91 Å². The molecule has 1 aliphatic heterocycles. The van der Waals surface area contributed by atoms with Gasteiger partial charge in [-0.15, -0.1) is 0 Å². The largest absolute Gasteiger partial charge is 0.352 e. The summed E-state index contributed by atoms with van der Waals surface area (Å²) in [5, 5.41) is 6.37. The zero-order valence-electron chi connectivity index (χ0n) is 14.5. The summed E-state index contributed by atoms with van der Waals surface area (Å²) < 4.78 is 0.